The van der Waals surface area contributed by atoms with Gasteiger partial charge in [0.1, 0.15) is 19.3 Å². The van der Waals surface area contributed by atoms with Crippen molar-refractivity contribution in [2.24, 2.45) is 11.8 Å². The minimum absolute atomic E-state index is 0.101. The molecule has 0 bridgehead atoms. The number of aliphatic hydroxyl groups excluding tert-OH is 1. The quantitative estimate of drug-likeness (QED) is 0.0222. The molecule has 0 aromatic rings. The molecule has 0 amide bonds. The largest absolute Gasteiger partial charge is 0.472 e. The molecular weight excluding hydrogens is 1150 g/mol. The Kier molecular flexibility index (Phi) is 59.0. The second-order valence-electron chi connectivity index (χ2n) is 25.5. The van der Waals surface area contributed by atoms with E-state index in [1.807, 2.05) is 0 Å². The number of carbonyl (C=O) groups is 4. The van der Waals surface area contributed by atoms with Crippen LogP contribution in [0.4, 0.5) is 0 Å². The van der Waals surface area contributed by atoms with Crippen molar-refractivity contribution in [2.45, 2.75) is 362 Å². The van der Waals surface area contributed by atoms with E-state index in [0.29, 0.717) is 31.6 Å². The average Bonchev–Trinajstić information content (AvgIpc) is 3.50. The maximum atomic E-state index is 13.0. The predicted molar refractivity (Wildman–Crippen MR) is 349 cm³/mol. The van der Waals surface area contributed by atoms with Crippen LogP contribution in [-0.4, -0.2) is 96.7 Å². The molecule has 0 aliphatic heterocycles. The van der Waals surface area contributed by atoms with Crippen molar-refractivity contribution in [3.8, 4) is 0 Å². The van der Waals surface area contributed by atoms with Crippen LogP contribution in [0.2, 0.25) is 0 Å². The van der Waals surface area contributed by atoms with E-state index in [2.05, 4.69) is 41.5 Å². The first-order chi connectivity index (χ1) is 41.9. The summed E-state index contributed by atoms with van der Waals surface area (Å²) in [5.41, 5.74) is 0. The molecule has 0 aromatic heterocycles. The molecule has 19 heteroatoms. The lowest BCUT2D eigenvalue weighted by atomic mass is 10.0. The second-order valence-corrected chi connectivity index (χ2v) is 28.4. The van der Waals surface area contributed by atoms with E-state index >= 15 is 0 Å². The van der Waals surface area contributed by atoms with Gasteiger partial charge >= 0.3 is 39.5 Å². The predicted octanol–water partition coefficient (Wildman–Crippen LogP) is 19.2. The van der Waals surface area contributed by atoms with E-state index in [4.69, 9.17) is 37.0 Å². The molecule has 3 N–H and O–H groups in total. The third-order valence-corrected chi connectivity index (χ3v) is 17.6. The minimum atomic E-state index is -4.95. The van der Waals surface area contributed by atoms with Gasteiger partial charge in [0.05, 0.1) is 26.4 Å². The Morgan fingerprint density at radius 1 is 0.310 bits per heavy atom. The lowest BCUT2D eigenvalue weighted by Crippen LogP contribution is -2.30. The van der Waals surface area contributed by atoms with Crippen molar-refractivity contribution in [1.29, 1.82) is 0 Å². The second kappa shape index (κ2) is 60.3. The van der Waals surface area contributed by atoms with Crippen LogP contribution in [-0.2, 0) is 65.4 Å². The lowest BCUT2D eigenvalue weighted by Gasteiger charge is -2.21. The number of phosphoric acid groups is 2. The monoisotopic (exact) mass is 1280 g/mol. The van der Waals surface area contributed by atoms with E-state index in [9.17, 15) is 43.2 Å². The third-order valence-electron chi connectivity index (χ3n) is 15.7. The molecule has 516 valence electrons. The molecule has 0 heterocycles. The van der Waals surface area contributed by atoms with Gasteiger partial charge in [-0.2, -0.15) is 0 Å². The van der Waals surface area contributed by atoms with Crippen molar-refractivity contribution < 1.29 is 80.2 Å². The zero-order valence-corrected chi connectivity index (χ0v) is 58.1. The minimum Gasteiger partial charge on any atom is -0.462 e. The van der Waals surface area contributed by atoms with Crippen molar-refractivity contribution in [2.75, 3.05) is 39.6 Å². The van der Waals surface area contributed by atoms with Gasteiger partial charge in [0.15, 0.2) is 12.2 Å². The first kappa shape index (κ1) is 85.1. The number of esters is 4. The summed E-state index contributed by atoms with van der Waals surface area (Å²) in [4.78, 5) is 72.1. The van der Waals surface area contributed by atoms with Gasteiger partial charge in [0.2, 0.25) is 0 Å². The van der Waals surface area contributed by atoms with Crippen LogP contribution in [0, 0.1) is 11.8 Å². The number of rotatable bonds is 67. The van der Waals surface area contributed by atoms with Crippen molar-refractivity contribution in [3.05, 3.63) is 0 Å². The summed E-state index contributed by atoms with van der Waals surface area (Å²) in [6.07, 6.45) is 45.1. The maximum Gasteiger partial charge on any atom is 0.472 e. The van der Waals surface area contributed by atoms with Crippen LogP contribution in [0.1, 0.15) is 343 Å². The van der Waals surface area contributed by atoms with Crippen LogP contribution >= 0.6 is 15.6 Å². The Morgan fingerprint density at radius 2 is 0.529 bits per heavy atom. The van der Waals surface area contributed by atoms with Gasteiger partial charge in [-0.05, 0) is 37.5 Å². The zero-order chi connectivity index (χ0) is 64.3. The molecule has 17 nitrogen and oxygen atoms in total. The van der Waals surface area contributed by atoms with Crippen molar-refractivity contribution in [1.82, 2.24) is 0 Å². The van der Waals surface area contributed by atoms with Gasteiger partial charge in [-0.25, -0.2) is 9.13 Å². The average molecular weight is 1280 g/mol. The first-order valence-electron chi connectivity index (χ1n) is 35.5. The third kappa shape index (κ3) is 62.6. The van der Waals surface area contributed by atoms with Crippen molar-refractivity contribution >= 4 is 39.5 Å². The molecule has 0 rings (SSSR count). The van der Waals surface area contributed by atoms with Crippen LogP contribution < -0.4 is 0 Å². The standard InChI is InChI=1S/C68H132O17P2/c1-7-9-11-13-14-15-16-17-18-19-20-23-27-30-33-40-46-52-67(72)84-64(57-79-66(71)51-45-39-32-29-26-24-21-22-25-28-31-37-42-48-60(3)4)59-83-87(76,77)81-55-62(69)54-80-86(74,75)82-58-63(56-78-65(70)50-44-36-12-10-8-2)85-68(73)53-47-41-35-34-38-43-49-61(5)6/h60-64,69H,7-59H2,1-6H3,(H,74,75)(H,76,77)/t62-,63+,64+/m0/s1. The number of carbonyl (C=O) groups excluding carboxylic acids is 4. The summed E-state index contributed by atoms with van der Waals surface area (Å²) in [5, 5.41) is 10.5. The van der Waals surface area contributed by atoms with Crippen LogP contribution in [0.5, 0.6) is 0 Å². The van der Waals surface area contributed by atoms with Gasteiger partial charge in [-0.15, -0.1) is 0 Å². The fourth-order valence-electron chi connectivity index (χ4n) is 10.2. The molecule has 0 radical (unpaired) electrons. The summed E-state index contributed by atoms with van der Waals surface area (Å²) < 4.78 is 67.9. The molecule has 0 spiro atoms. The summed E-state index contributed by atoms with van der Waals surface area (Å²) in [5.74, 6) is -0.681. The molecule has 87 heavy (non-hydrogen) atoms. The smallest absolute Gasteiger partial charge is 0.462 e. The number of unbranched alkanes of at least 4 members (excludes halogenated alkanes) is 37. The van der Waals surface area contributed by atoms with E-state index in [0.717, 1.165) is 102 Å². The Morgan fingerprint density at radius 3 is 0.782 bits per heavy atom. The summed E-state index contributed by atoms with van der Waals surface area (Å²) in [7, 11) is -9.88. The molecule has 0 aliphatic rings. The van der Waals surface area contributed by atoms with Gasteiger partial charge in [0, 0.05) is 25.7 Å². The highest BCUT2D eigenvalue weighted by Crippen LogP contribution is 2.45. The number of hydrogen-bond donors (Lipinski definition) is 3. The fraction of sp³-hybridized carbons (Fsp3) is 0.941. The molecule has 0 saturated carbocycles. The molecule has 0 saturated heterocycles. The van der Waals surface area contributed by atoms with E-state index in [1.54, 1.807) is 0 Å². The highest BCUT2D eigenvalue weighted by Gasteiger charge is 2.30. The zero-order valence-electron chi connectivity index (χ0n) is 56.3. The molecule has 5 atom stereocenters. The summed E-state index contributed by atoms with van der Waals surface area (Å²) in [6.45, 7) is 9.37. The summed E-state index contributed by atoms with van der Waals surface area (Å²) >= 11 is 0. The maximum absolute atomic E-state index is 13.0. The highest BCUT2D eigenvalue weighted by molar-refractivity contribution is 7.47. The fourth-order valence-corrected chi connectivity index (χ4v) is 11.8. The van der Waals surface area contributed by atoms with E-state index < -0.39 is 97.5 Å². The molecule has 0 fully saturated rings. The topological polar surface area (TPSA) is 237 Å². The number of hydrogen-bond acceptors (Lipinski definition) is 15. The van der Waals surface area contributed by atoms with Crippen LogP contribution in [0.15, 0.2) is 0 Å². The molecule has 0 aliphatic carbocycles. The van der Waals surface area contributed by atoms with Gasteiger partial charge in [-0.3, -0.25) is 37.3 Å². The summed E-state index contributed by atoms with van der Waals surface area (Å²) in [6, 6.07) is 0. The van der Waals surface area contributed by atoms with E-state index in [1.165, 1.54) is 154 Å². The lowest BCUT2D eigenvalue weighted by molar-refractivity contribution is -0.161. The first-order valence-corrected chi connectivity index (χ1v) is 38.5. The number of ether oxygens (including phenoxy) is 4. The van der Waals surface area contributed by atoms with Gasteiger partial charge in [0.25, 0.3) is 0 Å². The molecule has 2 unspecified atom stereocenters. The number of phosphoric ester groups is 2. The highest BCUT2D eigenvalue weighted by atomic mass is 31.2. The Balaban J connectivity index is 5.15. The Hall–Kier alpha value is -1.94. The molecular formula is C68H132O17P2. The van der Waals surface area contributed by atoms with Crippen LogP contribution in [0.3, 0.4) is 0 Å². The van der Waals surface area contributed by atoms with Crippen LogP contribution in [0.25, 0.3) is 0 Å². The van der Waals surface area contributed by atoms with Crippen molar-refractivity contribution in [3.63, 3.8) is 0 Å². The number of aliphatic hydroxyl groups is 1. The Bertz CT molecular complexity index is 1700. The molecule has 0 aromatic carbocycles. The SMILES string of the molecule is CCCCCCCCCCCCCCCCCCCC(=O)O[C@H](COC(=O)CCCCCCCCCCCCCCCC(C)C)COP(=O)(O)OC[C@@H](O)COP(=O)(O)OC[C@@H](COC(=O)CCCCCCC)OC(=O)CCCCCCCCC(C)C. The van der Waals surface area contributed by atoms with Gasteiger partial charge in [-0.1, -0.05) is 292 Å². The van der Waals surface area contributed by atoms with E-state index in [-0.39, 0.29) is 25.7 Å². The Labute approximate surface area is 530 Å². The normalized spacial score (nSPS) is 14.2. The van der Waals surface area contributed by atoms with Gasteiger partial charge < -0.3 is 33.8 Å².